The number of amides is 1. The van der Waals surface area contributed by atoms with Crippen LogP contribution in [0.1, 0.15) is 32.6 Å². The molecule has 2 unspecified atom stereocenters. The van der Waals surface area contributed by atoms with Crippen molar-refractivity contribution in [1.82, 2.24) is 14.9 Å². The van der Waals surface area contributed by atoms with E-state index in [1.807, 2.05) is 4.90 Å². The summed E-state index contributed by atoms with van der Waals surface area (Å²) < 4.78 is 25.0. The molecule has 2 N–H and O–H groups in total. The standard InChI is InChI=1S/C13H25N3O3S/c1-10-4-3-7-14-12(10)13(17)16-8-5-11(6-9-16)15-20(2,18)19/h10-12,14-15H,3-9H2,1-2H3. The SMILES string of the molecule is CC1CCCNC1C(=O)N1CCC(NS(C)(=O)=O)CC1. The molecule has 116 valence electrons. The van der Waals surface area contributed by atoms with E-state index in [4.69, 9.17) is 0 Å². The molecule has 2 aliphatic rings. The highest BCUT2D eigenvalue weighted by atomic mass is 32.2. The monoisotopic (exact) mass is 303 g/mol. The second-order valence-corrected chi connectivity index (χ2v) is 7.82. The van der Waals surface area contributed by atoms with E-state index in [0.29, 0.717) is 31.8 Å². The van der Waals surface area contributed by atoms with E-state index in [1.54, 1.807) is 0 Å². The van der Waals surface area contributed by atoms with Gasteiger partial charge in [0.2, 0.25) is 15.9 Å². The van der Waals surface area contributed by atoms with Crippen LogP contribution in [0, 0.1) is 5.92 Å². The maximum atomic E-state index is 12.5. The zero-order valence-corrected chi connectivity index (χ0v) is 13.1. The molecule has 2 aliphatic heterocycles. The second-order valence-electron chi connectivity index (χ2n) is 6.04. The largest absolute Gasteiger partial charge is 0.341 e. The summed E-state index contributed by atoms with van der Waals surface area (Å²) in [6.07, 6.45) is 4.79. The van der Waals surface area contributed by atoms with Gasteiger partial charge in [0.25, 0.3) is 0 Å². The van der Waals surface area contributed by atoms with Crippen molar-refractivity contribution in [1.29, 1.82) is 0 Å². The van der Waals surface area contributed by atoms with Gasteiger partial charge < -0.3 is 10.2 Å². The summed E-state index contributed by atoms with van der Waals surface area (Å²) in [7, 11) is -3.16. The topological polar surface area (TPSA) is 78.5 Å². The minimum atomic E-state index is -3.16. The molecule has 20 heavy (non-hydrogen) atoms. The van der Waals surface area contributed by atoms with E-state index in [2.05, 4.69) is 17.0 Å². The number of rotatable bonds is 3. The highest BCUT2D eigenvalue weighted by Crippen LogP contribution is 2.20. The van der Waals surface area contributed by atoms with Crippen LogP contribution >= 0.6 is 0 Å². The van der Waals surface area contributed by atoms with E-state index < -0.39 is 10.0 Å². The Balaban J connectivity index is 1.85. The lowest BCUT2D eigenvalue weighted by Gasteiger charge is -2.37. The quantitative estimate of drug-likeness (QED) is 0.764. The number of carbonyl (C=O) groups is 1. The number of carbonyl (C=O) groups excluding carboxylic acids is 1. The van der Waals surface area contributed by atoms with Gasteiger partial charge in [-0.2, -0.15) is 0 Å². The Kier molecular flexibility index (Phi) is 5.04. The molecule has 0 aromatic carbocycles. The van der Waals surface area contributed by atoms with Gasteiger partial charge in [0.1, 0.15) is 0 Å². The van der Waals surface area contributed by atoms with Crippen molar-refractivity contribution >= 4 is 15.9 Å². The highest BCUT2D eigenvalue weighted by molar-refractivity contribution is 7.88. The molecule has 2 rings (SSSR count). The Morgan fingerprint density at radius 2 is 1.90 bits per heavy atom. The predicted molar refractivity (Wildman–Crippen MR) is 77.8 cm³/mol. The average Bonchev–Trinajstić information content (AvgIpc) is 2.37. The first-order chi connectivity index (χ1) is 9.37. The zero-order chi connectivity index (χ0) is 14.8. The molecular weight excluding hydrogens is 278 g/mol. The van der Waals surface area contributed by atoms with Gasteiger partial charge in [-0.1, -0.05) is 6.92 Å². The molecule has 7 heteroatoms. The van der Waals surface area contributed by atoms with Crippen molar-refractivity contribution in [2.75, 3.05) is 25.9 Å². The summed E-state index contributed by atoms with van der Waals surface area (Å²) in [6.45, 7) is 4.30. The second kappa shape index (κ2) is 6.41. The Bertz CT molecular complexity index is 444. The molecule has 2 fully saturated rings. The van der Waals surface area contributed by atoms with E-state index in [1.165, 1.54) is 6.26 Å². The molecule has 0 aromatic heterocycles. The van der Waals surface area contributed by atoms with E-state index >= 15 is 0 Å². The maximum absolute atomic E-state index is 12.5. The molecule has 6 nitrogen and oxygen atoms in total. The van der Waals surface area contributed by atoms with Crippen LogP contribution in [-0.2, 0) is 14.8 Å². The van der Waals surface area contributed by atoms with Crippen molar-refractivity contribution < 1.29 is 13.2 Å². The van der Waals surface area contributed by atoms with Crippen LogP contribution in [0.4, 0.5) is 0 Å². The lowest BCUT2D eigenvalue weighted by atomic mass is 9.91. The van der Waals surface area contributed by atoms with E-state index in [-0.39, 0.29) is 18.0 Å². The van der Waals surface area contributed by atoms with Crippen molar-refractivity contribution in [2.45, 2.75) is 44.7 Å². The van der Waals surface area contributed by atoms with Crippen molar-refractivity contribution in [3.8, 4) is 0 Å². The van der Waals surface area contributed by atoms with Crippen molar-refractivity contribution in [3.63, 3.8) is 0 Å². The number of nitrogens with zero attached hydrogens (tertiary/aromatic N) is 1. The fourth-order valence-corrected chi connectivity index (χ4v) is 3.94. The highest BCUT2D eigenvalue weighted by Gasteiger charge is 2.33. The molecule has 0 spiro atoms. The van der Waals surface area contributed by atoms with Gasteiger partial charge in [-0.15, -0.1) is 0 Å². The number of likely N-dealkylation sites (tertiary alicyclic amines) is 1. The van der Waals surface area contributed by atoms with Crippen LogP contribution in [-0.4, -0.2) is 57.2 Å². The Morgan fingerprint density at radius 1 is 1.25 bits per heavy atom. The molecular formula is C13H25N3O3S. The fourth-order valence-electron chi connectivity index (χ4n) is 3.10. The first kappa shape index (κ1) is 15.7. The van der Waals surface area contributed by atoms with Gasteiger partial charge in [-0.05, 0) is 38.1 Å². The minimum absolute atomic E-state index is 0.0363. The van der Waals surface area contributed by atoms with Gasteiger partial charge in [-0.3, -0.25) is 4.79 Å². The molecule has 0 radical (unpaired) electrons. The summed E-state index contributed by atoms with van der Waals surface area (Å²) in [4.78, 5) is 14.4. The van der Waals surface area contributed by atoms with E-state index in [0.717, 1.165) is 19.4 Å². The number of sulfonamides is 1. The normalized spacial score (nSPS) is 29.4. The molecule has 0 aromatic rings. The summed E-state index contributed by atoms with van der Waals surface area (Å²) in [6, 6.07) is -0.103. The third-order valence-electron chi connectivity index (χ3n) is 4.22. The Labute approximate surface area is 121 Å². The van der Waals surface area contributed by atoms with Crippen LogP contribution in [0.3, 0.4) is 0 Å². The predicted octanol–water partition coefficient (Wildman–Crippen LogP) is -0.0853. The number of hydrogen-bond acceptors (Lipinski definition) is 4. The lowest BCUT2D eigenvalue weighted by molar-refractivity contribution is -0.136. The average molecular weight is 303 g/mol. The third-order valence-corrected chi connectivity index (χ3v) is 4.98. The van der Waals surface area contributed by atoms with E-state index in [9.17, 15) is 13.2 Å². The van der Waals surface area contributed by atoms with Crippen LogP contribution < -0.4 is 10.0 Å². The van der Waals surface area contributed by atoms with Crippen molar-refractivity contribution in [3.05, 3.63) is 0 Å². The van der Waals surface area contributed by atoms with Crippen LogP contribution in [0.5, 0.6) is 0 Å². The van der Waals surface area contributed by atoms with Crippen LogP contribution in [0.2, 0.25) is 0 Å². The molecule has 0 aliphatic carbocycles. The number of hydrogen-bond donors (Lipinski definition) is 2. The number of nitrogens with one attached hydrogen (secondary N) is 2. The smallest absolute Gasteiger partial charge is 0.239 e. The molecule has 2 heterocycles. The molecule has 0 bridgehead atoms. The van der Waals surface area contributed by atoms with Gasteiger partial charge in [0, 0.05) is 19.1 Å². The summed E-state index contributed by atoms with van der Waals surface area (Å²) in [5, 5.41) is 3.31. The van der Waals surface area contributed by atoms with Crippen LogP contribution in [0.25, 0.3) is 0 Å². The minimum Gasteiger partial charge on any atom is -0.341 e. The maximum Gasteiger partial charge on any atom is 0.239 e. The number of piperidine rings is 2. The Hall–Kier alpha value is -0.660. The molecule has 2 atom stereocenters. The first-order valence-electron chi connectivity index (χ1n) is 7.36. The lowest BCUT2D eigenvalue weighted by Crippen LogP contribution is -2.55. The fraction of sp³-hybridized carbons (Fsp3) is 0.923. The summed E-state index contributed by atoms with van der Waals surface area (Å²) in [5.41, 5.74) is 0. The first-order valence-corrected chi connectivity index (χ1v) is 9.25. The molecule has 1 amide bonds. The zero-order valence-electron chi connectivity index (χ0n) is 12.3. The summed E-state index contributed by atoms with van der Waals surface area (Å²) in [5.74, 6) is 0.554. The van der Waals surface area contributed by atoms with Gasteiger partial charge in [0.15, 0.2) is 0 Å². The van der Waals surface area contributed by atoms with Gasteiger partial charge >= 0.3 is 0 Å². The Morgan fingerprint density at radius 3 is 2.45 bits per heavy atom. The van der Waals surface area contributed by atoms with Gasteiger partial charge in [0.05, 0.1) is 12.3 Å². The summed E-state index contributed by atoms with van der Waals surface area (Å²) >= 11 is 0. The molecule has 2 saturated heterocycles. The van der Waals surface area contributed by atoms with Crippen LogP contribution in [0.15, 0.2) is 0 Å². The van der Waals surface area contributed by atoms with Crippen molar-refractivity contribution in [2.24, 2.45) is 5.92 Å². The third kappa shape index (κ3) is 4.17. The molecule has 0 saturated carbocycles. The van der Waals surface area contributed by atoms with Gasteiger partial charge in [-0.25, -0.2) is 13.1 Å².